The molecule has 1 unspecified atom stereocenters. The molecule has 0 saturated carbocycles. The topological polar surface area (TPSA) is 67.3 Å². The predicted molar refractivity (Wildman–Crippen MR) is 67.8 cm³/mol. The van der Waals surface area contributed by atoms with E-state index in [1.54, 1.807) is 0 Å². The summed E-state index contributed by atoms with van der Waals surface area (Å²) in [4.78, 5) is 13.7. The van der Waals surface area contributed by atoms with Crippen LogP contribution in [-0.2, 0) is 11.2 Å². The van der Waals surface area contributed by atoms with Gasteiger partial charge in [0.15, 0.2) is 5.58 Å². The van der Waals surface area contributed by atoms with E-state index in [0.717, 1.165) is 38.1 Å². The van der Waals surface area contributed by atoms with Crippen LogP contribution in [0.25, 0.3) is 11.1 Å². The number of rotatable bonds is 3. The van der Waals surface area contributed by atoms with Gasteiger partial charge in [-0.05, 0) is 30.5 Å². The van der Waals surface area contributed by atoms with Crippen LogP contribution in [0.4, 0.5) is 0 Å². The van der Waals surface area contributed by atoms with Crippen LogP contribution in [-0.4, -0.2) is 30.8 Å². The molecule has 1 saturated heterocycles. The minimum atomic E-state index is -0.399. The first-order valence-electron chi connectivity index (χ1n) is 6.24. The maximum absolute atomic E-state index is 11.1. The van der Waals surface area contributed by atoms with E-state index < -0.39 is 5.76 Å². The number of fused-ring (bicyclic) bond motifs is 1. The van der Waals surface area contributed by atoms with Gasteiger partial charge in [-0.1, -0.05) is 6.07 Å². The molecular weight excluding hydrogens is 232 g/mol. The van der Waals surface area contributed by atoms with Crippen LogP contribution in [0.1, 0.15) is 12.0 Å². The lowest BCUT2D eigenvalue weighted by Gasteiger charge is -2.23. The molecular formula is C13H16N2O3. The van der Waals surface area contributed by atoms with Crippen molar-refractivity contribution in [2.45, 2.75) is 18.9 Å². The van der Waals surface area contributed by atoms with Gasteiger partial charge in [0.1, 0.15) is 0 Å². The Hall–Kier alpha value is -1.59. The molecule has 18 heavy (non-hydrogen) atoms. The first-order chi connectivity index (χ1) is 8.81. The average molecular weight is 248 g/mol. The normalized spacial score (nSPS) is 20.3. The third kappa shape index (κ3) is 2.47. The van der Waals surface area contributed by atoms with E-state index in [9.17, 15) is 4.79 Å². The second-order valence-electron chi connectivity index (χ2n) is 4.61. The summed E-state index contributed by atoms with van der Waals surface area (Å²) >= 11 is 0. The fourth-order valence-electron chi connectivity index (χ4n) is 2.30. The smallest absolute Gasteiger partial charge is 0.408 e. The maximum atomic E-state index is 11.1. The highest BCUT2D eigenvalue weighted by atomic mass is 16.5. The molecule has 1 aliphatic rings. The molecule has 1 fully saturated rings. The van der Waals surface area contributed by atoms with E-state index in [1.807, 2.05) is 18.2 Å². The lowest BCUT2D eigenvalue weighted by molar-refractivity contribution is 0.0743. The molecule has 0 spiro atoms. The van der Waals surface area contributed by atoms with Gasteiger partial charge in [-0.2, -0.15) is 0 Å². The van der Waals surface area contributed by atoms with Crippen molar-refractivity contribution in [2.75, 3.05) is 19.8 Å². The Labute approximate surface area is 104 Å². The Morgan fingerprint density at radius 2 is 2.33 bits per heavy atom. The zero-order chi connectivity index (χ0) is 12.4. The van der Waals surface area contributed by atoms with E-state index in [2.05, 4.69) is 10.3 Å². The molecule has 5 heteroatoms. The molecule has 5 nitrogen and oxygen atoms in total. The lowest BCUT2D eigenvalue weighted by Crippen LogP contribution is -2.41. The number of benzene rings is 1. The maximum Gasteiger partial charge on any atom is 0.417 e. The molecule has 1 aromatic carbocycles. The van der Waals surface area contributed by atoms with E-state index in [4.69, 9.17) is 9.15 Å². The first kappa shape index (κ1) is 11.5. The number of ether oxygens (including phenoxy) is 1. The highest BCUT2D eigenvalue weighted by molar-refractivity contribution is 5.72. The van der Waals surface area contributed by atoms with Crippen LogP contribution in [0.5, 0.6) is 0 Å². The molecule has 2 aromatic rings. The first-order valence-corrected chi connectivity index (χ1v) is 6.24. The van der Waals surface area contributed by atoms with Gasteiger partial charge in [0, 0.05) is 12.6 Å². The van der Waals surface area contributed by atoms with Gasteiger partial charge in [-0.15, -0.1) is 0 Å². The third-order valence-electron chi connectivity index (χ3n) is 3.26. The minimum Gasteiger partial charge on any atom is -0.408 e. The fraction of sp³-hybridized carbons (Fsp3) is 0.462. The van der Waals surface area contributed by atoms with Gasteiger partial charge in [0.05, 0.1) is 18.7 Å². The van der Waals surface area contributed by atoms with E-state index >= 15 is 0 Å². The number of aryl methyl sites for hydroxylation is 1. The number of oxazole rings is 1. The van der Waals surface area contributed by atoms with E-state index in [-0.39, 0.29) is 0 Å². The van der Waals surface area contributed by atoms with Gasteiger partial charge in [-0.25, -0.2) is 4.79 Å². The van der Waals surface area contributed by atoms with Gasteiger partial charge in [0.25, 0.3) is 0 Å². The van der Waals surface area contributed by atoms with Crippen molar-refractivity contribution >= 4 is 11.1 Å². The Morgan fingerprint density at radius 3 is 3.17 bits per heavy atom. The van der Waals surface area contributed by atoms with E-state index in [1.165, 1.54) is 5.56 Å². The molecule has 1 aromatic heterocycles. The molecule has 0 amide bonds. The van der Waals surface area contributed by atoms with Crippen molar-refractivity contribution in [2.24, 2.45) is 0 Å². The number of hydrogen-bond acceptors (Lipinski definition) is 4. The molecule has 2 N–H and O–H groups in total. The van der Waals surface area contributed by atoms with Crippen LogP contribution < -0.4 is 11.1 Å². The number of aromatic nitrogens is 1. The van der Waals surface area contributed by atoms with Crippen LogP contribution in [0.15, 0.2) is 27.4 Å². The van der Waals surface area contributed by atoms with Crippen LogP contribution in [0.2, 0.25) is 0 Å². The lowest BCUT2D eigenvalue weighted by atomic mass is 10.0. The highest BCUT2D eigenvalue weighted by Gasteiger charge is 2.12. The van der Waals surface area contributed by atoms with E-state index in [0.29, 0.717) is 11.6 Å². The molecule has 0 radical (unpaired) electrons. The summed E-state index contributed by atoms with van der Waals surface area (Å²) in [6, 6.07) is 6.25. The number of hydrogen-bond donors (Lipinski definition) is 2. The number of aromatic amines is 1. The zero-order valence-corrected chi connectivity index (χ0v) is 10.1. The van der Waals surface area contributed by atoms with Crippen molar-refractivity contribution in [1.29, 1.82) is 0 Å². The second kappa shape index (κ2) is 4.96. The summed E-state index contributed by atoms with van der Waals surface area (Å²) in [5.41, 5.74) is 2.58. The summed E-state index contributed by atoms with van der Waals surface area (Å²) in [6.45, 7) is 2.52. The summed E-state index contributed by atoms with van der Waals surface area (Å²) in [6.07, 6.45) is 2.00. The number of H-pyrrole nitrogens is 1. The summed E-state index contributed by atoms with van der Waals surface area (Å²) < 4.78 is 10.4. The summed E-state index contributed by atoms with van der Waals surface area (Å²) in [5, 5.41) is 3.43. The van der Waals surface area contributed by atoms with Crippen LogP contribution >= 0.6 is 0 Å². The molecule has 96 valence electrons. The standard InChI is InChI=1S/C13H16N2O3/c16-13-15-11-7-9(2-4-12(11)18-13)1-3-10-8-17-6-5-14-10/h2,4,7,10,14H,1,3,5-6,8H2,(H,15,16). The quantitative estimate of drug-likeness (QED) is 0.851. The average Bonchev–Trinajstić information content (AvgIpc) is 2.77. The third-order valence-corrected chi connectivity index (χ3v) is 3.26. The molecule has 1 atom stereocenters. The number of morpholine rings is 1. The van der Waals surface area contributed by atoms with Gasteiger partial charge >= 0.3 is 5.76 Å². The van der Waals surface area contributed by atoms with Gasteiger partial charge < -0.3 is 14.5 Å². The van der Waals surface area contributed by atoms with Gasteiger partial charge in [0.2, 0.25) is 0 Å². The predicted octanol–water partition coefficient (Wildman–Crippen LogP) is 1.04. The Morgan fingerprint density at radius 1 is 1.39 bits per heavy atom. The van der Waals surface area contributed by atoms with Gasteiger partial charge in [-0.3, -0.25) is 4.98 Å². The largest absolute Gasteiger partial charge is 0.417 e. The monoisotopic (exact) mass is 248 g/mol. The van der Waals surface area contributed by atoms with Crippen molar-refractivity contribution in [1.82, 2.24) is 10.3 Å². The highest BCUT2D eigenvalue weighted by Crippen LogP contribution is 2.14. The fourth-order valence-corrected chi connectivity index (χ4v) is 2.30. The second-order valence-corrected chi connectivity index (χ2v) is 4.61. The summed E-state index contributed by atoms with van der Waals surface area (Å²) in [7, 11) is 0. The van der Waals surface area contributed by atoms with Crippen molar-refractivity contribution in [3.63, 3.8) is 0 Å². The van der Waals surface area contributed by atoms with Crippen LogP contribution in [0, 0.1) is 0 Å². The molecule has 0 aliphatic carbocycles. The Balaban J connectivity index is 1.68. The molecule has 1 aliphatic heterocycles. The minimum absolute atomic E-state index is 0.399. The Kier molecular flexibility index (Phi) is 3.17. The van der Waals surface area contributed by atoms with Crippen molar-refractivity contribution in [3.8, 4) is 0 Å². The summed E-state index contributed by atoms with van der Waals surface area (Å²) in [5.74, 6) is -0.399. The molecule has 3 rings (SSSR count). The zero-order valence-electron chi connectivity index (χ0n) is 10.1. The Bertz CT molecular complexity index is 581. The SMILES string of the molecule is O=c1[nH]c2cc(CCC3COCCN3)ccc2o1. The number of nitrogens with one attached hydrogen (secondary N) is 2. The van der Waals surface area contributed by atoms with Crippen LogP contribution in [0.3, 0.4) is 0 Å². The molecule has 0 bridgehead atoms. The van der Waals surface area contributed by atoms with Crippen molar-refractivity contribution in [3.05, 3.63) is 34.3 Å². The van der Waals surface area contributed by atoms with Crippen molar-refractivity contribution < 1.29 is 9.15 Å². The molecule has 2 heterocycles.